The first kappa shape index (κ1) is 16.4. The number of hydrogen-bond acceptors (Lipinski definition) is 2. The van der Waals surface area contributed by atoms with Gasteiger partial charge in [-0.2, -0.15) is 0 Å². The van der Waals surface area contributed by atoms with E-state index in [1.165, 1.54) is 0 Å². The molecule has 5 heteroatoms. The summed E-state index contributed by atoms with van der Waals surface area (Å²) in [5.41, 5.74) is 0.529. The minimum absolute atomic E-state index is 0.330. The van der Waals surface area contributed by atoms with Crippen LogP contribution in [0.3, 0.4) is 0 Å². The van der Waals surface area contributed by atoms with Gasteiger partial charge in [-0.05, 0) is 44.5 Å². The van der Waals surface area contributed by atoms with E-state index < -0.39 is 5.41 Å². The Kier molecular flexibility index (Phi) is 5.51. The van der Waals surface area contributed by atoms with E-state index in [0.717, 1.165) is 10.0 Å². The van der Waals surface area contributed by atoms with Crippen molar-refractivity contribution >= 4 is 33.4 Å². The van der Waals surface area contributed by atoms with E-state index in [0.29, 0.717) is 12.2 Å². The van der Waals surface area contributed by atoms with Gasteiger partial charge in [0, 0.05) is 16.7 Å². The third-order valence-corrected chi connectivity index (χ3v) is 3.85. The number of amides is 2. The second kappa shape index (κ2) is 6.70. The highest BCUT2D eigenvalue weighted by molar-refractivity contribution is 9.10. The lowest BCUT2D eigenvalue weighted by Gasteiger charge is -2.22. The number of rotatable bonds is 5. The van der Waals surface area contributed by atoms with Crippen LogP contribution in [0.5, 0.6) is 0 Å². The van der Waals surface area contributed by atoms with Crippen LogP contribution in [-0.4, -0.2) is 18.4 Å². The molecule has 0 aliphatic rings. The van der Waals surface area contributed by atoms with Crippen LogP contribution >= 0.6 is 15.9 Å². The van der Waals surface area contributed by atoms with E-state index in [1.807, 2.05) is 19.1 Å². The molecular formula is C15H19BrN2O2. The summed E-state index contributed by atoms with van der Waals surface area (Å²) < 4.78 is 0.971. The van der Waals surface area contributed by atoms with Gasteiger partial charge in [0.05, 0.1) is 0 Å². The van der Waals surface area contributed by atoms with Crippen LogP contribution in [0.15, 0.2) is 35.3 Å². The molecule has 0 aliphatic carbocycles. The zero-order chi connectivity index (χ0) is 15.3. The van der Waals surface area contributed by atoms with Crippen molar-refractivity contribution in [2.45, 2.75) is 20.8 Å². The Morgan fingerprint density at radius 3 is 2.55 bits per heavy atom. The third kappa shape index (κ3) is 3.93. The summed E-state index contributed by atoms with van der Waals surface area (Å²) in [5.74, 6) is -0.676. The maximum atomic E-state index is 12.2. The van der Waals surface area contributed by atoms with Gasteiger partial charge in [-0.3, -0.25) is 9.59 Å². The van der Waals surface area contributed by atoms with Crippen LogP contribution < -0.4 is 10.6 Å². The molecule has 0 spiro atoms. The largest absolute Gasteiger partial charge is 0.352 e. The first-order valence-corrected chi connectivity index (χ1v) is 7.05. The van der Waals surface area contributed by atoms with Crippen molar-refractivity contribution in [2.75, 3.05) is 11.9 Å². The van der Waals surface area contributed by atoms with Crippen molar-refractivity contribution in [2.24, 2.45) is 5.41 Å². The van der Waals surface area contributed by atoms with Gasteiger partial charge in [0.1, 0.15) is 5.41 Å². The SMILES string of the molecule is C=CCNC(=O)C(C)(C)C(=O)Nc1ccc(Br)c(C)c1. The molecule has 0 radical (unpaired) electrons. The molecule has 0 fully saturated rings. The summed E-state index contributed by atoms with van der Waals surface area (Å²) in [6, 6.07) is 5.49. The molecule has 1 aromatic rings. The smallest absolute Gasteiger partial charge is 0.239 e. The number of nitrogens with one attached hydrogen (secondary N) is 2. The molecule has 0 atom stereocenters. The highest BCUT2D eigenvalue weighted by Gasteiger charge is 2.35. The Bertz CT molecular complexity index is 539. The van der Waals surface area contributed by atoms with Gasteiger partial charge in [0.25, 0.3) is 0 Å². The van der Waals surface area contributed by atoms with Gasteiger partial charge in [-0.15, -0.1) is 6.58 Å². The first-order valence-electron chi connectivity index (χ1n) is 6.26. The van der Waals surface area contributed by atoms with Gasteiger partial charge in [0.15, 0.2) is 0 Å². The number of carbonyl (C=O) groups excluding carboxylic acids is 2. The molecular weight excluding hydrogens is 320 g/mol. The second-order valence-electron chi connectivity index (χ2n) is 5.04. The zero-order valence-electron chi connectivity index (χ0n) is 11.9. The van der Waals surface area contributed by atoms with E-state index in [2.05, 4.69) is 33.1 Å². The Hall–Kier alpha value is -1.62. The van der Waals surface area contributed by atoms with Crippen LogP contribution in [0.2, 0.25) is 0 Å². The van der Waals surface area contributed by atoms with Gasteiger partial charge < -0.3 is 10.6 Å². The van der Waals surface area contributed by atoms with Crippen molar-refractivity contribution in [1.82, 2.24) is 5.32 Å². The fourth-order valence-corrected chi connectivity index (χ4v) is 1.75. The number of carbonyl (C=O) groups is 2. The van der Waals surface area contributed by atoms with Gasteiger partial charge in [-0.25, -0.2) is 0 Å². The van der Waals surface area contributed by atoms with Gasteiger partial charge in [-0.1, -0.05) is 22.0 Å². The average Bonchev–Trinajstić information content (AvgIpc) is 2.39. The molecule has 4 nitrogen and oxygen atoms in total. The number of anilines is 1. The summed E-state index contributed by atoms with van der Waals surface area (Å²) >= 11 is 3.40. The quantitative estimate of drug-likeness (QED) is 0.640. The molecule has 0 heterocycles. The lowest BCUT2D eigenvalue weighted by Crippen LogP contribution is -2.45. The Balaban J connectivity index is 2.80. The van der Waals surface area contributed by atoms with Crippen molar-refractivity contribution in [3.05, 3.63) is 40.9 Å². The third-order valence-electron chi connectivity index (χ3n) is 2.96. The second-order valence-corrected chi connectivity index (χ2v) is 5.90. The highest BCUT2D eigenvalue weighted by atomic mass is 79.9. The molecule has 2 amide bonds. The summed E-state index contributed by atoms with van der Waals surface area (Å²) in [5, 5.41) is 5.40. The molecule has 2 N–H and O–H groups in total. The van der Waals surface area contributed by atoms with Crippen molar-refractivity contribution in [3.63, 3.8) is 0 Å². The minimum Gasteiger partial charge on any atom is -0.352 e. The molecule has 0 saturated carbocycles. The molecule has 108 valence electrons. The van der Waals surface area contributed by atoms with Crippen LogP contribution in [-0.2, 0) is 9.59 Å². The zero-order valence-corrected chi connectivity index (χ0v) is 13.5. The standard InChI is InChI=1S/C15H19BrN2O2/c1-5-8-17-13(19)15(3,4)14(20)18-11-6-7-12(16)10(2)9-11/h5-7,9H,1,8H2,2-4H3,(H,17,19)(H,18,20). The number of halogens is 1. The first-order chi connectivity index (χ1) is 9.28. The normalized spacial score (nSPS) is 10.8. The molecule has 20 heavy (non-hydrogen) atoms. The number of hydrogen-bond donors (Lipinski definition) is 2. The average molecular weight is 339 g/mol. The maximum Gasteiger partial charge on any atom is 0.239 e. The predicted molar refractivity (Wildman–Crippen MR) is 84.5 cm³/mol. The Labute approximate surface area is 127 Å². The van der Waals surface area contributed by atoms with Crippen molar-refractivity contribution in [3.8, 4) is 0 Å². The lowest BCUT2D eigenvalue weighted by atomic mass is 9.91. The van der Waals surface area contributed by atoms with Crippen LogP contribution in [0.25, 0.3) is 0 Å². The van der Waals surface area contributed by atoms with Gasteiger partial charge >= 0.3 is 0 Å². The summed E-state index contributed by atoms with van der Waals surface area (Å²) in [4.78, 5) is 24.2. The topological polar surface area (TPSA) is 58.2 Å². The van der Waals surface area contributed by atoms with Crippen LogP contribution in [0, 0.1) is 12.3 Å². The maximum absolute atomic E-state index is 12.2. The van der Waals surface area contributed by atoms with Gasteiger partial charge in [0.2, 0.25) is 11.8 Å². The fraction of sp³-hybridized carbons (Fsp3) is 0.333. The monoisotopic (exact) mass is 338 g/mol. The molecule has 0 aliphatic heterocycles. The Morgan fingerprint density at radius 1 is 1.35 bits per heavy atom. The number of aryl methyl sites for hydroxylation is 1. The molecule has 1 aromatic carbocycles. The van der Waals surface area contributed by atoms with Crippen molar-refractivity contribution in [1.29, 1.82) is 0 Å². The Morgan fingerprint density at radius 2 is 2.00 bits per heavy atom. The minimum atomic E-state index is -1.15. The molecule has 0 bridgehead atoms. The van der Waals surface area contributed by atoms with E-state index in [1.54, 1.807) is 26.0 Å². The lowest BCUT2D eigenvalue weighted by molar-refractivity contribution is -0.138. The summed E-state index contributed by atoms with van der Waals surface area (Å²) in [6.45, 7) is 8.98. The molecule has 1 rings (SSSR count). The molecule has 0 unspecified atom stereocenters. The fourth-order valence-electron chi connectivity index (χ4n) is 1.50. The van der Waals surface area contributed by atoms with Crippen LogP contribution in [0.1, 0.15) is 19.4 Å². The molecule has 0 saturated heterocycles. The van der Waals surface area contributed by atoms with Crippen molar-refractivity contribution < 1.29 is 9.59 Å². The van der Waals surface area contributed by atoms with E-state index in [4.69, 9.17) is 0 Å². The summed E-state index contributed by atoms with van der Waals surface area (Å²) in [7, 11) is 0. The highest BCUT2D eigenvalue weighted by Crippen LogP contribution is 2.23. The van der Waals surface area contributed by atoms with E-state index >= 15 is 0 Å². The number of benzene rings is 1. The predicted octanol–water partition coefficient (Wildman–Crippen LogP) is 3.02. The summed E-state index contributed by atoms with van der Waals surface area (Å²) in [6.07, 6.45) is 1.57. The van der Waals surface area contributed by atoms with E-state index in [-0.39, 0.29) is 11.8 Å². The molecule has 0 aromatic heterocycles. The van der Waals surface area contributed by atoms with E-state index in [9.17, 15) is 9.59 Å². The van der Waals surface area contributed by atoms with Crippen LogP contribution in [0.4, 0.5) is 5.69 Å².